The molecule has 2 amide bonds. The van der Waals surface area contributed by atoms with E-state index < -0.39 is 16.1 Å². The van der Waals surface area contributed by atoms with Crippen LogP contribution in [0.5, 0.6) is 0 Å². The first-order valence-electron chi connectivity index (χ1n) is 6.70. The first kappa shape index (κ1) is 16.8. The van der Waals surface area contributed by atoms with Crippen LogP contribution < -0.4 is 15.8 Å². The predicted molar refractivity (Wildman–Crippen MR) is 86.7 cm³/mol. The van der Waals surface area contributed by atoms with Gasteiger partial charge in [0.2, 0.25) is 10.0 Å². The molecule has 122 valence electrons. The largest absolute Gasteiger partial charge is 0.324 e. The fourth-order valence-electron chi connectivity index (χ4n) is 1.91. The smallest absolute Gasteiger partial charge is 0.306 e. The normalized spacial score (nSPS) is 11.1. The van der Waals surface area contributed by atoms with Crippen LogP contribution in [0.2, 0.25) is 0 Å². The summed E-state index contributed by atoms with van der Waals surface area (Å²) in [5.41, 5.74) is 2.11. The van der Waals surface area contributed by atoms with Crippen molar-refractivity contribution in [2.75, 3.05) is 10.6 Å². The van der Waals surface area contributed by atoms with Gasteiger partial charge >= 0.3 is 6.03 Å². The highest BCUT2D eigenvalue weighted by atomic mass is 32.2. The van der Waals surface area contributed by atoms with Crippen LogP contribution >= 0.6 is 0 Å². The number of carbonyl (C=O) groups is 1. The minimum Gasteiger partial charge on any atom is -0.306 e. The number of hydrogen-bond donors (Lipinski definition) is 3. The molecule has 0 aliphatic heterocycles. The zero-order valence-electron chi connectivity index (χ0n) is 12.9. The number of para-hydroxylation sites is 1. The van der Waals surface area contributed by atoms with Crippen LogP contribution in [0.3, 0.4) is 0 Å². The molecule has 0 aliphatic rings. The number of sulfonamides is 1. The number of hydrogen-bond acceptors (Lipinski definition) is 5. The van der Waals surface area contributed by atoms with Crippen molar-refractivity contribution in [2.45, 2.75) is 25.7 Å². The third kappa shape index (κ3) is 4.02. The maximum absolute atomic E-state index is 12.1. The third-order valence-electron chi connectivity index (χ3n) is 3.15. The van der Waals surface area contributed by atoms with Crippen molar-refractivity contribution in [3.05, 3.63) is 41.3 Å². The van der Waals surface area contributed by atoms with Crippen molar-refractivity contribution in [3.8, 4) is 0 Å². The Morgan fingerprint density at radius 3 is 2.26 bits per heavy atom. The Hall–Kier alpha value is -2.52. The lowest BCUT2D eigenvalue weighted by atomic mass is 10.3. The molecule has 23 heavy (non-hydrogen) atoms. The molecule has 4 N–H and O–H groups in total. The summed E-state index contributed by atoms with van der Waals surface area (Å²) in [5, 5.41) is 10.1. The van der Waals surface area contributed by atoms with Gasteiger partial charge in [0, 0.05) is 0 Å². The van der Waals surface area contributed by atoms with E-state index in [0.29, 0.717) is 17.2 Å². The summed E-state index contributed by atoms with van der Waals surface area (Å²) >= 11 is 0. The highest BCUT2D eigenvalue weighted by molar-refractivity contribution is 7.89. The van der Waals surface area contributed by atoms with Gasteiger partial charge in [-0.2, -0.15) is 0 Å². The molecule has 0 bridgehead atoms. The number of aromatic nitrogens is 2. The summed E-state index contributed by atoms with van der Waals surface area (Å²) in [4.78, 5) is 20.4. The molecule has 1 aromatic heterocycles. The zero-order chi connectivity index (χ0) is 17.2. The summed E-state index contributed by atoms with van der Waals surface area (Å²) < 4.78 is 23.0. The molecule has 2 rings (SSSR count). The Kier molecular flexibility index (Phi) is 4.62. The SMILES string of the molecule is Cc1nc(C)c(NC(=O)Nc2ccccc2S(N)(=O)=O)nc1C. The van der Waals surface area contributed by atoms with E-state index in [9.17, 15) is 13.2 Å². The van der Waals surface area contributed by atoms with E-state index in [0.717, 1.165) is 5.69 Å². The Balaban J connectivity index is 2.23. The molecule has 0 saturated carbocycles. The number of primary sulfonamides is 1. The number of nitrogens with one attached hydrogen (secondary N) is 2. The average molecular weight is 335 g/mol. The van der Waals surface area contributed by atoms with Crippen LogP contribution in [-0.4, -0.2) is 24.4 Å². The first-order chi connectivity index (χ1) is 10.7. The van der Waals surface area contributed by atoms with Crippen molar-refractivity contribution in [3.63, 3.8) is 0 Å². The molecule has 0 radical (unpaired) electrons. The van der Waals surface area contributed by atoms with Crippen molar-refractivity contribution < 1.29 is 13.2 Å². The molecular formula is C14H17N5O3S. The van der Waals surface area contributed by atoms with Gasteiger partial charge in [0.15, 0.2) is 5.82 Å². The first-order valence-corrected chi connectivity index (χ1v) is 8.25. The molecule has 8 nitrogen and oxygen atoms in total. The van der Waals surface area contributed by atoms with E-state index in [1.807, 2.05) is 6.92 Å². The fourth-order valence-corrected chi connectivity index (χ4v) is 2.61. The maximum atomic E-state index is 12.1. The summed E-state index contributed by atoms with van der Waals surface area (Å²) in [6.07, 6.45) is 0. The molecule has 2 aromatic rings. The van der Waals surface area contributed by atoms with E-state index in [2.05, 4.69) is 20.6 Å². The zero-order valence-corrected chi connectivity index (χ0v) is 13.7. The van der Waals surface area contributed by atoms with Gasteiger partial charge in [0.25, 0.3) is 0 Å². The number of anilines is 2. The van der Waals surface area contributed by atoms with Crippen molar-refractivity contribution in [1.29, 1.82) is 0 Å². The molecule has 1 aromatic carbocycles. The van der Waals surface area contributed by atoms with Crippen LogP contribution in [0, 0.1) is 20.8 Å². The van der Waals surface area contributed by atoms with Gasteiger partial charge in [-0.3, -0.25) is 10.3 Å². The summed E-state index contributed by atoms with van der Waals surface area (Å²) in [6, 6.07) is 5.22. The average Bonchev–Trinajstić information content (AvgIpc) is 2.44. The molecule has 0 aliphatic carbocycles. The minimum absolute atomic E-state index is 0.0851. The molecule has 0 saturated heterocycles. The molecule has 1 heterocycles. The maximum Gasteiger partial charge on any atom is 0.324 e. The van der Waals surface area contributed by atoms with E-state index in [1.165, 1.54) is 18.2 Å². The number of aryl methyl sites for hydroxylation is 3. The quantitative estimate of drug-likeness (QED) is 0.786. The van der Waals surface area contributed by atoms with E-state index in [4.69, 9.17) is 5.14 Å². The third-order valence-corrected chi connectivity index (χ3v) is 4.12. The number of benzene rings is 1. The van der Waals surface area contributed by atoms with Crippen molar-refractivity contribution in [1.82, 2.24) is 9.97 Å². The number of amides is 2. The minimum atomic E-state index is -3.94. The van der Waals surface area contributed by atoms with Crippen LogP contribution in [0.25, 0.3) is 0 Å². The van der Waals surface area contributed by atoms with Gasteiger partial charge in [0.1, 0.15) is 4.90 Å². The Labute approximate surface area is 134 Å². The molecular weight excluding hydrogens is 318 g/mol. The van der Waals surface area contributed by atoms with Crippen molar-refractivity contribution in [2.24, 2.45) is 5.14 Å². The standard InChI is InChI=1S/C14H17N5O3S/c1-8-9(2)17-13(10(3)16-8)19-14(20)18-11-6-4-5-7-12(11)23(15,21)22/h4-7H,1-3H3,(H2,15,21,22)(H2,17,18,19,20). The Morgan fingerprint density at radius 2 is 1.61 bits per heavy atom. The van der Waals surface area contributed by atoms with Gasteiger partial charge < -0.3 is 5.32 Å². The van der Waals surface area contributed by atoms with Crippen LogP contribution in [0.15, 0.2) is 29.2 Å². The molecule has 0 fully saturated rings. The fraction of sp³-hybridized carbons (Fsp3) is 0.214. The summed E-state index contributed by atoms with van der Waals surface area (Å²) in [7, 11) is -3.94. The molecule has 9 heteroatoms. The van der Waals surface area contributed by atoms with E-state index in [1.54, 1.807) is 19.9 Å². The lowest BCUT2D eigenvalue weighted by Gasteiger charge is -2.12. The summed E-state index contributed by atoms with van der Waals surface area (Å²) in [5.74, 6) is 0.304. The van der Waals surface area contributed by atoms with E-state index in [-0.39, 0.29) is 10.6 Å². The van der Waals surface area contributed by atoms with Gasteiger partial charge in [-0.05, 0) is 32.9 Å². The monoisotopic (exact) mass is 335 g/mol. The van der Waals surface area contributed by atoms with Gasteiger partial charge in [-0.1, -0.05) is 12.1 Å². The molecule has 0 spiro atoms. The lowest BCUT2D eigenvalue weighted by molar-refractivity contribution is 0.262. The highest BCUT2D eigenvalue weighted by Gasteiger charge is 2.16. The summed E-state index contributed by atoms with van der Waals surface area (Å²) in [6.45, 7) is 5.32. The Morgan fingerprint density at radius 1 is 1.00 bits per heavy atom. The van der Waals surface area contributed by atoms with Crippen molar-refractivity contribution >= 4 is 27.6 Å². The number of nitrogens with two attached hydrogens (primary N) is 1. The van der Waals surface area contributed by atoms with Crippen LogP contribution in [0.4, 0.5) is 16.3 Å². The Bertz CT molecular complexity index is 865. The number of nitrogens with zero attached hydrogens (tertiary/aromatic N) is 2. The van der Waals surface area contributed by atoms with Crippen LogP contribution in [-0.2, 0) is 10.0 Å². The number of carbonyl (C=O) groups excluding carboxylic acids is 1. The lowest BCUT2D eigenvalue weighted by Crippen LogP contribution is -2.23. The second-order valence-electron chi connectivity index (χ2n) is 4.95. The topological polar surface area (TPSA) is 127 Å². The predicted octanol–water partition coefficient (Wildman–Crippen LogP) is 1.69. The van der Waals surface area contributed by atoms with Gasteiger partial charge in [-0.25, -0.2) is 23.3 Å². The van der Waals surface area contributed by atoms with Gasteiger partial charge in [0.05, 0.1) is 22.8 Å². The highest BCUT2D eigenvalue weighted by Crippen LogP contribution is 2.20. The van der Waals surface area contributed by atoms with E-state index >= 15 is 0 Å². The number of rotatable bonds is 3. The van der Waals surface area contributed by atoms with Gasteiger partial charge in [-0.15, -0.1) is 0 Å². The second kappa shape index (κ2) is 6.31. The number of urea groups is 1. The van der Waals surface area contributed by atoms with Crippen LogP contribution in [0.1, 0.15) is 17.1 Å². The molecule has 0 unspecified atom stereocenters. The second-order valence-corrected chi connectivity index (χ2v) is 6.48. The molecule has 0 atom stereocenters.